The van der Waals surface area contributed by atoms with E-state index in [9.17, 15) is 4.79 Å². The highest BCUT2D eigenvalue weighted by Gasteiger charge is 2.26. The van der Waals surface area contributed by atoms with Gasteiger partial charge < -0.3 is 15.0 Å². The molecule has 0 aromatic carbocycles. The number of rotatable bonds is 1. The summed E-state index contributed by atoms with van der Waals surface area (Å²) in [7, 11) is 1.66. The van der Waals surface area contributed by atoms with E-state index < -0.39 is 0 Å². The van der Waals surface area contributed by atoms with E-state index in [0.29, 0.717) is 13.1 Å². The monoisotopic (exact) mass is 186 g/mol. The van der Waals surface area contributed by atoms with Crippen molar-refractivity contribution in [1.29, 1.82) is 0 Å². The van der Waals surface area contributed by atoms with Crippen LogP contribution >= 0.6 is 0 Å². The van der Waals surface area contributed by atoms with E-state index in [1.807, 2.05) is 11.8 Å². The van der Waals surface area contributed by atoms with Crippen LogP contribution in [0, 0.1) is 0 Å². The van der Waals surface area contributed by atoms with E-state index in [1.54, 1.807) is 7.05 Å². The zero-order valence-corrected chi connectivity index (χ0v) is 8.54. The average molecular weight is 186 g/mol. The maximum absolute atomic E-state index is 11.3. The molecule has 1 fully saturated rings. The molecule has 0 aliphatic carbocycles. The first-order valence-electron chi connectivity index (χ1n) is 4.79. The van der Waals surface area contributed by atoms with Crippen molar-refractivity contribution in [2.45, 2.75) is 32.5 Å². The largest absolute Gasteiger partial charge is 0.372 e. The van der Waals surface area contributed by atoms with Crippen LogP contribution in [-0.2, 0) is 4.74 Å². The molecule has 2 atom stereocenters. The predicted molar refractivity (Wildman–Crippen MR) is 50.7 cm³/mol. The third-order valence-corrected chi connectivity index (χ3v) is 2.28. The van der Waals surface area contributed by atoms with Gasteiger partial charge in [-0.15, -0.1) is 0 Å². The summed E-state index contributed by atoms with van der Waals surface area (Å²) >= 11 is 0. The molecule has 4 nitrogen and oxygen atoms in total. The normalized spacial score (nSPS) is 28.7. The summed E-state index contributed by atoms with van der Waals surface area (Å²) in [5.41, 5.74) is 0. The van der Waals surface area contributed by atoms with Gasteiger partial charge in [0.25, 0.3) is 0 Å². The molecule has 0 radical (unpaired) electrons. The van der Waals surface area contributed by atoms with Crippen LogP contribution in [0.5, 0.6) is 0 Å². The number of amides is 2. The Kier molecular flexibility index (Phi) is 3.54. The SMILES string of the molecule is CCC1CN(C(=O)NC)CC(C)O1. The average Bonchev–Trinajstić information content (AvgIpc) is 2.15. The van der Waals surface area contributed by atoms with Crippen LogP contribution in [0.15, 0.2) is 0 Å². The molecule has 0 aromatic heterocycles. The van der Waals surface area contributed by atoms with Crippen molar-refractivity contribution in [3.05, 3.63) is 0 Å². The fraction of sp³-hybridized carbons (Fsp3) is 0.889. The molecule has 1 rings (SSSR count). The Balaban J connectivity index is 2.51. The summed E-state index contributed by atoms with van der Waals surface area (Å²) in [6.45, 7) is 5.47. The lowest BCUT2D eigenvalue weighted by atomic mass is 10.2. The molecule has 0 saturated carbocycles. The Labute approximate surface area is 79.2 Å². The van der Waals surface area contributed by atoms with Crippen LogP contribution in [0.2, 0.25) is 0 Å². The smallest absolute Gasteiger partial charge is 0.317 e. The minimum atomic E-state index is -0.00593. The summed E-state index contributed by atoms with van der Waals surface area (Å²) in [4.78, 5) is 13.1. The van der Waals surface area contributed by atoms with Gasteiger partial charge in [0.05, 0.1) is 12.2 Å². The number of hydrogen-bond acceptors (Lipinski definition) is 2. The van der Waals surface area contributed by atoms with Crippen molar-refractivity contribution in [3.8, 4) is 0 Å². The Morgan fingerprint density at radius 1 is 1.62 bits per heavy atom. The molecule has 0 spiro atoms. The number of urea groups is 1. The standard InChI is InChI=1S/C9H18N2O2/c1-4-8-6-11(9(12)10-3)5-7(2)13-8/h7-8H,4-6H2,1-3H3,(H,10,12). The molecule has 1 aliphatic heterocycles. The van der Waals surface area contributed by atoms with Crippen LogP contribution in [0.3, 0.4) is 0 Å². The van der Waals surface area contributed by atoms with Gasteiger partial charge in [0.1, 0.15) is 0 Å². The number of carbonyl (C=O) groups is 1. The van der Waals surface area contributed by atoms with Crippen LogP contribution in [0.4, 0.5) is 4.79 Å². The van der Waals surface area contributed by atoms with E-state index in [-0.39, 0.29) is 18.2 Å². The third kappa shape index (κ3) is 2.59. The molecule has 2 unspecified atom stereocenters. The van der Waals surface area contributed by atoms with Gasteiger partial charge in [-0.25, -0.2) is 4.79 Å². The summed E-state index contributed by atoms with van der Waals surface area (Å²) < 4.78 is 5.64. The number of nitrogens with zero attached hydrogens (tertiary/aromatic N) is 1. The lowest BCUT2D eigenvalue weighted by Crippen LogP contribution is -2.51. The van der Waals surface area contributed by atoms with Gasteiger partial charge >= 0.3 is 6.03 Å². The topological polar surface area (TPSA) is 41.6 Å². The Hall–Kier alpha value is -0.770. The minimum Gasteiger partial charge on any atom is -0.372 e. The van der Waals surface area contributed by atoms with Gasteiger partial charge in [-0.2, -0.15) is 0 Å². The first-order chi connectivity index (χ1) is 6.17. The third-order valence-electron chi connectivity index (χ3n) is 2.28. The highest BCUT2D eigenvalue weighted by Crippen LogP contribution is 2.13. The number of ether oxygens (including phenoxy) is 1. The van der Waals surface area contributed by atoms with E-state index in [0.717, 1.165) is 6.42 Å². The van der Waals surface area contributed by atoms with Crippen molar-refractivity contribution < 1.29 is 9.53 Å². The molecule has 1 heterocycles. The highest BCUT2D eigenvalue weighted by molar-refractivity contribution is 5.73. The van der Waals surface area contributed by atoms with Crippen molar-refractivity contribution >= 4 is 6.03 Å². The second-order valence-corrected chi connectivity index (χ2v) is 3.44. The number of nitrogens with one attached hydrogen (secondary N) is 1. The van der Waals surface area contributed by atoms with E-state index in [2.05, 4.69) is 12.2 Å². The van der Waals surface area contributed by atoms with Gasteiger partial charge in [0.2, 0.25) is 0 Å². The molecule has 76 valence electrons. The molecule has 0 bridgehead atoms. The lowest BCUT2D eigenvalue weighted by molar-refractivity contribution is -0.0644. The van der Waals surface area contributed by atoms with Crippen LogP contribution in [0.1, 0.15) is 20.3 Å². The summed E-state index contributed by atoms with van der Waals surface area (Å²) in [6, 6.07) is -0.00593. The first-order valence-corrected chi connectivity index (χ1v) is 4.79. The van der Waals surface area contributed by atoms with Crippen molar-refractivity contribution in [1.82, 2.24) is 10.2 Å². The van der Waals surface area contributed by atoms with Crippen LogP contribution in [0.25, 0.3) is 0 Å². The summed E-state index contributed by atoms with van der Waals surface area (Å²) in [5, 5.41) is 2.63. The van der Waals surface area contributed by atoms with E-state index in [4.69, 9.17) is 4.74 Å². The molecular formula is C9H18N2O2. The Bertz CT molecular complexity index is 184. The molecule has 1 aliphatic rings. The second-order valence-electron chi connectivity index (χ2n) is 3.44. The zero-order chi connectivity index (χ0) is 9.84. The fourth-order valence-corrected chi connectivity index (χ4v) is 1.59. The minimum absolute atomic E-state index is 0.00593. The van der Waals surface area contributed by atoms with Crippen molar-refractivity contribution in [3.63, 3.8) is 0 Å². The van der Waals surface area contributed by atoms with Crippen molar-refractivity contribution in [2.75, 3.05) is 20.1 Å². The lowest BCUT2D eigenvalue weighted by Gasteiger charge is -2.36. The van der Waals surface area contributed by atoms with Crippen LogP contribution in [-0.4, -0.2) is 43.3 Å². The summed E-state index contributed by atoms with van der Waals surface area (Å²) in [6.07, 6.45) is 1.30. The number of carbonyl (C=O) groups excluding carboxylic acids is 1. The number of morpholine rings is 1. The maximum atomic E-state index is 11.3. The van der Waals surface area contributed by atoms with Crippen LogP contribution < -0.4 is 5.32 Å². The molecule has 1 N–H and O–H groups in total. The molecule has 4 heteroatoms. The quantitative estimate of drug-likeness (QED) is 0.659. The molecular weight excluding hydrogens is 168 g/mol. The Morgan fingerprint density at radius 2 is 2.31 bits per heavy atom. The van der Waals surface area contributed by atoms with Crippen molar-refractivity contribution in [2.24, 2.45) is 0 Å². The Morgan fingerprint density at radius 3 is 2.85 bits per heavy atom. The first kappa shape index (κ1) is 10.3. The maximum Gasteiger partial charge on any atom is 0.317 e. The van der Waals surface area contributed by atoms with E-state index >= 15 is 0 Å². The summed E-state index contributed by atoms with van der Waals surface area (Å²) in [5.74, 6) is 0. The molecule has 2 amide bonds. The predicted octanol–water partition coefficient (Wildman–Crippen LogP) is 0.825. The van der Waals surface area contributed by atoms with E-state index in [1.165, 1.54) is 0 Å². The highest BCUT2D eigenvalue weighted by atomic mass is 16.5. The van der Waals surface area contributed by atoms with Gasteiger partial charge in [-0.3, -0.25) is 0 Å². The van der Waals surface area contributed by atoms with Gasteiger partial charge in [-0.05, 0) is 13.3 Å². The van der Waals surface area contributed by atoms with Gasteiger partial charge in [0, 0.05) is 20.1 Å². The zero-order valence-electron chi connectivity index (χ0n) is 8.54. The molecule has 0 aromatic rings. The van der Waals surface area contributed by atoms with Gasteiger partial charge in [0.15, 0.2) is 0 Å². The fourth-order valence-electron chi connectivity index (χ4n) is 1.59. The second kappa shape index (κ2) is 4.46. The molecule has 1 saturated heterocycles. The molecule has 13 heavy (non-hydrogen) atoms. The van der Waals surface area contributed by atoms with Gasteiger partial charge in [-0.1, -0.05) is 6.92 Å². The number of hydrogen-bond donors (Lipinski definition) is 1.